The number of benzene rings is 1. The monoisotopic (exact) mass is 329 g/mol. The zero-order valence-electron chi connectivity index (χ0n) is 15.2. The first-order valence-electron chi connectivity index (χ1n) is 7.83. The first-order valence-corrected chi connectivity index (χ1v) is 8.53. The molecule has 1 aliphatic rings. The van der Waals surface area contributed by atoms with Gasteiger partial charge in [-0.1, -0.05) is 0 Å². The Morgan fingerprint density at radius 2 is 0.955 bits per heavy atom. The number of hydrogen-bond donors (Lipinski definition) is 0. The van der Waals surface area contributed by atoms with Crippen LogP contribution < -0.4 is 10.4 Å². The standard InChI is InChI=1S/C21H26.V/c1-11-10-12(2)14(4)20(13(11)3)21-18(8)16(6)15(5)17(7)19(21)9;/h5H2,1-4,6-9H3;. The van der Waals surface area contributed by atoms with Crippen LogP contribution in [0.5, 0.6) is 0 Å². The van der Waals surface area contributed by atoms with Crippen LogP contribution in [0.2, 0.25) is 0 Å². The van der Waals surface area contributed by atoms with Crippen molar-refractivity contribution in [3.05, 3.63) is 55.0 Å². The summed E-state index contributed by atoms with van der Waals surface area (Å²) in [6.07, 6.45) is 0. The molecule has 0 atom stereocenters. The van der Waals surface area contributed by atoms with Gasteiger partial charge in [0, 0.05) is 0 Å². The molecule has 0 aromatic heterocycles. The molecule has 0 spiro atoms. The van der Waals surface area contributed by atoms with Gasteiger partial charge in [-0.2, -0.15) is 0 Å². The zero-order valence-corrected chi connectivity index (χ0v) is 16.6. The van der Waals surface area contributed by atoms with E-state index in [1.54, 1.807) is 0 Å². The summed E-state index contributed by atoms with van der Waals surface area (Å²) in [5.41, 5.74) is 12.4. The molecule has 115 valence electrons. The SMILES string of the molecule is C=c1c(C)c(C)c(=C2C(C)=C(C)[C](=[V])C(C)=C2C)c(C)c1C. The van der Waals surface area contributed by atoms with Crippen LogP contribution >= 0.6 is 0 Å². The minimum atomic E-state index is 1.19. The summed E-state index contributed by atoms with van der Waals surface area (Å²) in [4.78, 5) is 0. The molecular weight excluding hydrogens is 303 g/mol. The van der Waals surface area contributed by atoms with E-state index in [2.05, 4.69) is 78.9 Å². The Morgan fingerprint density at radius 3 is 1.32 bits per heavy atom. The van der Waals surface area contributed by atoms with Gasteiger partial charge in [0.05, 0.1) is 0 Å². The van der Waals surface area contributed by atoms with Crippen LogP contribution in [-0.2, 0) is 17.0 Å². The quantitative estimate of drug-likeness (QED) is 0.677. The second-order valence-electron chi connectivity index (χ2n) is 6.58. The van der Waals surface area contributed by atoms with Crippen molar-refractivity contribution in [1.82, 2.24) is 0 Å². The van der Waals surface area contributed by atoms with Crippen LogP contribution in [0.1, 0.15) is 49.9 Å². The second-order valence-corrected chi connectivity index (χ2v) is 7.28. The van der Waals surface area contributed by atoms with E-state index in [9.17, 15) is 0 Å². The summed E-state index contributed by atoms with van der Waals surface area (Å²) in [5, 5.41) is 2.60. The van der Waals surface area contributed by atoms with Gasteiger partial charge in [0.2, 0.25) is 0 Å². The molecule has 2 rings (SSSR count). The maximum absolute atomic E-state index is 4.27. The first kappa shape index (κ1) is 17.3. The molecule has 0 saturated carbocycles. The van der Waals surface area contributed by atoms with Gasteiger partial charge in [0.15, 0.2) is 0 Å². The number of hydrogen-bond acceptors (Lipinski definition) is 0. The average molecular weight is 329 g/mol. The third-order valence-corrected chi connectivity index (χ3v) is 6.66. The Bertz CT molecular complexity index is 808. The fourth-order valence-electron chi connectivity index (χ4n) is 3.43. The molecule has 0 N–H and O–H groups in total. The van der Waals surface area contributed by atoms with E-state index in [1.165, 1.54) is 64.8 Å². The van der Waals surface area contributed by atoms with Crippen LogP contribution in [0, 0.1) is 27.7 Å². The number of allylic oxidation sites excluding steroid dienone is 4. The van der Waals surface area contributed by atoms with Crippen molar-refractivity contribution in [2.75, 3.05) is 0 Å². The fourth-order valence-corrected chi connectivity index (χ4v) is 3.96. The van der Waals surface area contributed by atoms with Crippen LogP contribution in [0.4, 0.5) is 0 Å². The zero-order chi connectivity index (χ0) is 16.9. The van der Waals surface area contributed by atoms with E-state index in [4.69, 9.17) is 0 Å². The van der Waals surface area contributed by atoms with Gasteiger partial charge < -0.3 is 0 Å². The molecule has 0 bridgehead atoms. The van der Waals surface area contributed by atoms with Gasteiger partial charge in [0.1, 0.15) is 0 Å². The summed E-state index contributed by atoms with van der Waals surface area (Å²) in [5.74, 6) is 0. The molecule has 0 aliphatic heterocycles. The van der Waals surface area contributed by atoms with Crippen molar-refractivity contribution in [1.29, 1.82) is 0 Å². The van der Waals surface area contributed by atoms with Gasteiger partial charge in [-0.25, -0.2) is 0 Å². The van der Waals surface area contributed by atoms with Gasteiger partial charge in [-0.05, 0) is 0 Å². The molecule has 0 fully saturated rings. The van der Waals surface area contributed by atoms with Crippen LogP contribution in [0.15, 0.2) is 22.3 Å². The van der Waals surface area contributed by atoms with Crippen LogP contribution in [0.3, 0.4) is 0 Å². The van der Waals surface area contributed by atoms with E-state index in [0.717, 1.165) is 0 Å². The first-order chi connectivity index (χ1) is 10.1. The molecule has 22 heavy (non-hydrogen) atoms. The number of rotatable bonds is 0. The van der Waals surface area contributed by atoms with E-state index < -0.39 is 0 Å². The molecule has 0 saturated heterocycles. The Labute approximate surface area is 143 Å². The second kappa shape index (κ2) is 5.83. The summed E-state index contributed by atoms with van der Waals surface area (Å²) in [6, 6.07) is 0. The fraction of sp³-hybridized carbons (Fsp3) is 0.381. The Kier molecular flexibility index (Phi) is 4.57. The van der Waals surface area contributed by atoms with Gasteiger partial charge in [-0.15, -0.1) is 0 Å². The van der Waals surface area contributed by atoms with Crippen molar-refractivity contribution in [2.45, 2.75) is 55.4 Å². The third-order valence-electron chi connectivity index (χ3n) is 5.62. The van der Waals surface area contributed by atoms with Gasteiger partial charge >= 0.3 is 144 Å². The summed E-state index contributed by atoms with van der Waals surface area (Å²) >= 11 is 2.74. The molecule has 1 aromatic carbocycles. The average Bonchev–Trinajstić information content (AvgIpc) is 2.50. The predicted molar refractivity (Wildman–Crippen MR) is 95.3 cm³/mol. The van der Waals surface area contributed by atoms with Crippen molar-refractivity contribution in [3.63, 3.8) is 0 Å². The Balaban J connectivity index is 3.17. The molecule has 0 unspecified atom stereocenters. The molecule has 1 aliphatic carbocycles. The molecule has 0 radical (unpaired) electrons. The molecule has 0 amide bonds. The normalized spacial score (nSPS) is 16.0. The van der Waals surface area contributed by atoms with E-state index >= 15 is 0 Å². The molecule has 0 nitrogen and oxygen atoms in total. The van der Waals surface area contributed by atoms with Crippen molar-refractivity contribution < 1.29 is 17.0 Å². The minimum absolute atomic E-state index is 1.19. The topological polar surface area (TPSA) is 0 Å². The van der Waals surface area contributed by atoms with Crippen molar-refractivity contribution >= 4 is 16.4 Å². The third kappa shape index (κ3) is 2.34. The van der Waals surface area contributed by atoms with Crippen LogP contribution in [-0.4, -0.2) is 4.23 Å². The Hall–Kier alpha value is -1.11. The van der Waals surface area contributed by atoms with Crippen molar-refractivity contribution in [2.24, 2.45) is 0 Å². The summed E-state index contributed by atoms with van der Waals surface area (Å²) < 4.78 is 1.36. The van der Waals surface area contributed by atoms with Crippen LogP contribution in [0.25, 0.3) is 12.2 Å². The maximum atomic E-state index is 4.27. The Morgan fingerprint density at radius 1 is 0.591 bits per heavy atom. The molecule has 1 heteroatoms. The van der Waals surface area contributed by atoms with Gasteiger partial charge in [-0.3, -0.25) is 0 Å². The van der Waals surface area contributed by atoms with E-state index in [-0.39, 0.29) is 0 Å². The summed E-state index contributed by atoms with van der Waals surface area (Å²) in [7, 11) is 0. The predicted octanol–water partition coefficient (Wildman–Crippen LogP) is 3.89. The molecule has 1 aromatic rings. The summed E-state index contributed by atoms with van der Waals surface area (Å²) in [6.45, 7) is 22.1. The van der Waals surface area contributed by atoms with Crippen molar-refractivity contribution in [3.8, 4) is 0 Å². The van der Waals surface area contributed by atoms with E-state index in [1.807, 2.05) is 0 Å². The molecule has 0 heterocycles. The van der Waals surface area contributed by atoms with Gasteiger partial charge in [0.25, 0.3) is 0 Å². The van der Waals surface area contributed by atoms with E-state index in [0.29, 0.717) is 0 Å². The molecular formula is C21H26V.